The van der Waals surface area contributed by atoms with Crippen LogP contribution in [0.1, 0.15) is 43.6 Å². The lowest BCUT2D eigenvalue weighted by molar-refractivity contribution is -0.146. The molecule has 0 radical (unpaired) electrons. The van der Waals surface area contributed by atoms with E-state index in [9.17, 15) is 19.5 Å². The number of carbonyl (C=O) groups is 3. The number of esters is 1. The van der Waals surface area contributed by atoms with Crippen molar-refractivity contribution in [3.63, 3.8) is 0 Å². The maximum absolute atomic E-state index is 11.4. The standard InChI is InChI=1S/C12H16O4.C12H14O4/c1-12(2,11(14)15)7-8-4-5-9(13)10(6-8)16-3;1-8(2)12(14)16-10-5-4-9(7-13)6-11(10)15-3/h4-6,13H,7H2,1-3H3,(H,14,15);4-8H,1-3H3. The molecule has 0 saturated heterocycles. The largest absolute Gasteiger partial charge is 0.504 e. The number of benzene rings is 2. The van der Waals surface area contributed by atoms with Gasteiger partial charge in [0.1, 0.15) is 6.29 Å². The van der Waals surface area contributed by atoms with Gasteiger partial charge < -0.3 is 24.4 Å². The third-order valence-corrected chi connectivity index (χ3v) is 4.47. The monoisotopic (exact) mass is 446 g/mol. The Morgan fingerprint density at radius 3 is 2.12 bits per heavy atom. The highest BCUT2D eigenvalue weighted by Gasteiger charge is 2.27. The molecule has 0 amide bonds. The number of hydrogen-bond acceptors (Lipinski definition) is 7. The molecular weight excluding hydrogens is 416 g/mol. The van der Waals surface area contributed by atoms with Gasteiger partial charge in [0.2, 0.25) is 0 Å². The average molecular weight is 446 g/mol. The number of carbonyl (C=O) groups excluding carboxylic acids is 2. The molecule has 174 valence electrons. The van der Waals surface area contributed by atoms with Crippen molar-refractivity contribution in [1.82, 2.24) is 0 Å². The summed E-state index contributed by atoms with van der Waals surface area (Å²) in [6.45, 7) is 6.81. The van der Waals surface area contributed by atoms with Crippen LogP contribution in [0.2, 0.25) is 0 Å². The molecule has 8 nitrogen and oxygen atoms in total. The Morgan fingerprint density at radius 1 is 1.00 bits per heavy atom. The number of phenolic OH excluding ortho intramolecular Hbond substituents is 1. The highest BCUT2D eigenvalue weighted by atomic mass is 16.6. The fourth-order valence-corrected chi connectivity index (χ4v) is 2.49. The summed E-state index contributed by atoms with van der Waals surface area (Å²) < 4.78 is 15.1. The van der Waals surface area contributed by atoms with Crippen molar-refractivity contribution in [3.8, 4) is 23.0 Å². The van der Waals surface area contributed by atoms with Crippen molar-refractivity contribution in [2.45, 2.75) is 34.1 Å². The lowest BCUT2D eigenvalue weighted by Gasteiger charge is -2.19. The highest BCUT2D eigenvalue weighted by molar-refractivity contribution is 5.78. The molecule has 8 heteroatoms. The fourth-order valence-electron chi connectivity index (χ4n) is 2.49. The lowest BCUT2D eigenvalue weighted by Crippen LogP contribution is -2.26. The third kappa shape index (κ3) is 7.61. The molecule has 0 bridgehead atoms. The number of aromatic hydroxyl groups is 1. The van der Waals surface area contributed by atoms with E-state index in [1.54, 1.807) is 52.0 Å². The van der Waals surface area contributed by atoms with Gasteiger partial charge in [-0.15, -0.1) is 0 Å². The number of ether oxygens (including phenoxy) is 3. The summed E-state index contributed by atoms with van der Waals surface area (Å²) >= 11 is 0. The van der Waals surface area contributed by atoms with Gasteiger partial charge in [-0.25, -0.2) is 0 Å². The number of phenols is 1. The summed E-state index contributed by atoms with van der Waals surface area (Å²) in [4.78, 5) is 32.9. The maximum atomic E-state index is 11.4. The lowest BCUT2D eigenvalue weighted by atomic mass is 9.86. The topological polar surface area (TPSA) is 119 Å². The first-order valence-electron chi connectivity index (χ1n) is 9.89. The SMILES string of the molecule is COc1cc(C=O)ccc1OC(=O)C(C)C.COc1cc(CC(C)(C)C(=O)O)ccc1O. The predicted molar refractivity (Wildman–Crippen MR) is 119 cm³/mol. The van der Waals surface area contributed by atoms with Gasteiger partial charge in [-0.2, -0.15) is 0 Å². The quantitative estimate of drug-likeness (QED) is 0.353. The third-order valence-electron chi connectivity index (χ3n) is 4.47. The zero-order chi connectivity index (χ0) is 24.5. The van der Waals surface area contributed by atoms with Crippen LogP contribution in [0.25, 0.3) is 0 Å². The van der Waals surface area contributed by atoms with Gasteiger partial charge in [0.15, 0.2) is 23.0 Å². The van der Waals surface area contributed by atoms with Gasteiger partial charge in [-0.3, -0.25) is 14.4 Å². The van der Waals surface area contributed by atoms with Gasteiger partial charge in [-0.05, 0) is 56.2 Å². The molecule has 0 aromatic heterocycles. The number of methoxy groups -OCH3 is 2. The summed E-state index contributed by atoms with van der Waals surface area (Å²) in [5, 5.41) is 18.4. The Morgan fingerprint density at radius 2 is 1.62 bits per heavy atom. The molecule has 0 atom stereocenters. The summed E-state index contributed by atoms with van der Waals surface area (Å²) in [5.74, 6) is -0.282. The fraction of sp³-hybridized carbons (Fsp3) is 0.375. The second-order valence-corrected chi connectivity index (χ2v) is 7.98. The Kier molecular flexibility index (Phi) is 9.71. The number of carboxylic acids is 1. The van der Waals surface area contributed by atoms with E-state index in [1.807, 2.05) is 0 Å². The van der Waals surface area contributed by atoms with Crippen LogP contribution in [0.3, 0.4) is 0 Å². The van der Waals surface area contributed by atoms with E-state index in [-0.39, 0.29) is 17.6 Å². The minimum atomic E-state index is -0.848. The van der Waals surface area contributed by atoms with Crippen molar-refractivity contribution in [2.75, 3.05) is 14.2 Å². The van der Waals surface area contributed by atoms with Crippen molar-refractivity contribution < 1.29 is 38.8 Å². The molecule has 0 aliphatic rings. The van der Waals surface area contributed by atoms with E-state index >= 15 is 0 Å². The molecule has 0 aliphatic heterocycles. The van der Waals surface area contributed by atoms with Crippen molar-refractivity contribution in [3.05, 3.63) is 47.5 Å². The molecule has 0 saturated carbocycles. The first-order chi connectivity index (χ1) is 14.9. The van der Waals surface area contributed by atoms with Gasteiger partial charge in [-0.1, -0.05) is 19.9 Å². The Balaban J connectivity index is 0.000000320. The average Bonchev–Trinajstić information content (AvgIpc) is 2.75. The zero-order valence-electron chi connectivity index (χ0n) is 19.2. The molecular formula is C24H30O8. The molecule has 2 rings (SSSR count). The van der Waals surface area contributed by atoms with E-state index in [1.165, 1.54) is 26.4 Å². The number of hydrogen-bond donors (Lipinski definition) is 2. The minimum Gasteiger partial charge on any atom is -0.504 e. The summed E-state index contributed by atoms with van der Waals surface area (Å²) in [6.07, 6.45) is 1.09. The first-order valence-corrected chi connectivity index (χ1v) is 9.89. The number of aldehydes is 1. The van der Waals surface area contributed by atoms with Crippen molar-refractivity contribution in [1.29, 1.82) is 0 Å². The van der Waals surface area contributed by atoms with E-state index in [4.69, 9.17) is 19.3 Å². The summed E-state index contributed by atoms with van der Waals surface area (Å²) in [7, 11) is 2.91. The van der Waals surface area contributed by atoms with Crippen LogP contribution in [-0.4, -0.2) is 42.7 Å². The van der Waals surface area contributed by atoms with E-state index < -0.39 is 11.4 Å². The van der Waals surface area contributed by atoms with Crippen LogP contribution >= 0.6 is 0 Å². The number of aliphatic carboxylic acids is 1. The van der Waals surface area contributed by atoms with Gasteiger partial charge in [0.05, 0.1) is 25.6 Å². The van der Waals surface area contributed by atoms with E-state index in [0.29, 0.717) is 35.5 Å². The Labute approximate surface area is 187 Å². The smallest absolute Gasteiger partial charge is 0.313 e. The normalized spacial score (nSPS) is 10.6. The number of rotatable bonds is 8. The molecule has 0 heterocycles. The molecule has 0 spiro atoms. The molecule has 2 N–H and O–H groups in total. The molecule has 2 aromatic rings. The Bertz CT molecular complexity index is 947. The van der Waals surface area contributed by atoms with E-state index in [0.717, 1.165) is 5.56 Å². The number of carboxylic acid groups (broad SMARTS) is 1. The minimum absolute atomic E-state index is 0.0550. The summed E-state index contributed by atoms with van der Waals surface area (Å²) in [5.41, 5.74) is 0.463. The van der Waals surface area contributed by atoms with Crippen LogP contribution in [0.15, 0.2) is 36.4 Å². The van der Waals surface area contributed by atoms with Gasteiger partial charge >= 0.3 is 11.9 Å². The van der Waals surface area contributed by atoms with E-state index in [2.05, 4.69) is 0 Å². The highest BCUT2D eigenvalue weighted by Crippen LogP contribution is 2.30. The molecule has 0 unspecified atom stereocenters. The second-order valence-electron chi connectivity index (χ2n) is 7.98. The maximum Gasteiger partial charge on any atom is 0.313 e. The van der Waals surface area contributed by atoms with Crippen LogP contribution in [0, 0.1) is 11.3 Å². The zero-order valence-corrected chi connectivity index (χ0v) is 19.2. The molecule has 0 fully saturated rings. The van der Waals surface area contributed by atoms with Crippen LogP contribution < -0.4 is 14.2 Å². The van der Waals surface area contributed by atoms with Gasteiger partial charge in [0.25, 0.3) is 0 Å². The molecule has 2 aromatic carbocycles. The van der Waals surface area contributed by atoms with Crippen LogP contribution in [-0.2, 0) is 16.0 Å². The second kappa shape index (κ2) is 11.7. The predicted octanol–water partition coefficient (Wildman–Crippen LogP) is 4.12. The first kappa shape index (κ1) is 26.5. The molecule has 0 aliphatic carbocycles. The van der Waals surface area contributed by atoms with Crippen molar-refractivity contribution in [2.24, 2.45) is 11.3 Å². The van der Waals surface area contributed by atoms with Crippen LogP contribution in [0.5, 0.6) is 23.0 Å². The Hall–Kier alpha value is -3.55. The molecule has 32 heavy (non-hydrogen) atoms. The van der Waals surface area contributed by atoms with Gasteiger partial charge in [0, 0.05) is 5.56 Å². The van der Waals surface area contributed by atoms with Crippen molar-refractivity contribution >= 4 is 18.2 Å². The van der Waals surface area contributed by atoms with Crippen LogP contribution in [0.4, 0.5) is 0 Å². The summed E-state index contributed by atoms with van der Waals surface area (Å²) in [6, 6.07) is 9.49.